The molecule has 0 atom stereocenters. The average Bonchev–Trinajstić information content (AvgIpc) is 2.45. The van der Waals surface area contributed by atoms with Crippen molar-refractivity contribution in [2.75, 3.05) is 5.32 Å². The van der Waals surface area contributed by atoms with Crippen molar-refractivity contribution in [1.82, 2.24) is 4.98 Å². The first kappa shape index (κ1) is 15.2. The number of anilines is 1. The maximum atomic E-state index is 14.0. The zero-order valence-corrected chi connectivity index (χ0v) is 12.3. The van der Waals surface area contributed by atoms with Crippen molar-refractivity contribution in [3.05, 3.63) is 47.8 Å². The molecule has 3 nitrogen and oxygen atoms in total. The van der Waals surface area contributed by atoms with Crippen LogP contribution in [0.25, 0.3) is 11.3 Å². The SMILES string of the molecule is CCCCC(=O)Nc1cccc(-c2ccc(C)cc2F)n1. The van der Waals surface area contributed by atoms with Gasteiger partial charge in [-0.3, -0.25) is 4.79 Å². The predicted octanol–water partition coefficient (Wildman–Crippen LogP) is 4.32. The summed E-state index contributed by atoms with van der Waals surface area (Å²) in [6.45, 7) is 3.87. The highest BCUT2D eigenvalue weighted by Crippen LogP contribution is 2.23. The van der Waals surface area contributed by atoms with Gasteiger partial charge in [0, 0.05) is 12.0 Å². The summed E-state index contributed by atoms with van der Waals surface area (Å²) in [4.78, 5) is 16.0. The third-order valence-corrected chi connectivity index (χ3v) is 3.17. The van der Waals surface area contributed by atoms with Gasteiger partial charge in [0.15, 0.2) is 0 Å². The summed E-state index contributed by atoms with van der Waals surface area (Å²) >= 11 is 0. The van der Waals surface area contributed by atoms with Crippen LogP contribution in [-0.2, 0) is 4.79 Å². The number of carbonyl (C=O) groups is 1. The summed E-state index contributed by atoms with van der Waals surface area (Å²) in [5.41, 5.74) is 1.81. The summed E-state index contributed by atoms with van der Waals surface area (Å²) in [5.74, 6) is 0.0800. The second kappa shape index (κ2) is 6.97. The van der Waals surface area contributed by atoms with Crippen molar-refractivity contribution in [3.63, 3.8) is 0 Å². The molecule has 0 aliphatic rings. The van der Waals surface area contributed by atoms with Crippen molar-refractivity contribution in [3.8, 4) is 11.3 Å². The highest BCUT2D eigenvalue weighted by molar-refractivity contribution is 5.89. The van der Waals surface area contributed by atoms with E-state index in [1.54, 1.807) is 24.3 Å². The first-order chi connectivity index (χ1) is 10.1. The standard InChI is InChI=1S/C17H19FN2O/c1-3-4-8-17(21)20-16-7-5-6-15(19-16)13-10-9-12(2)11-14(13)18/h5-7,9-11H,3-4,8H2,1-2H3,(H,19,20,21). The van der Waals surface area contributed by atoms with Gasteiger partial charge in [-0.15, -0.1) is 0 Å². The molecule has 0 bridgehead atoms. The van der Waals surface area contributed by atoms with Crippen molar-refractivity contribution >= 4 is 11.7 Å². The highest BCUT2D eigenvalue weighted by Gasteiger charge is 2.08. The largest absolute Gasteiger partial charge is 0.311 e. The molecular weight excluding hydrogens is 267 g/mol. The number of aromatic nitrogens is 1. The Labute approximate surface area is 124 Å². The number of nitrogens with zero attached hydrogens (tertiary/aromatic N) is 1. The van der Waals surface area contributed by atoms with E-state index in [1.165, 1.54) is 6.07 Å². The number of benzene rings is 1. The molecule has 4 heteroatoms. The van der Waals surface area contributed by atoms with Crippen LogP contribution in [-0.4, -0.2) is 10.9 Å². The van der Waals surface area contributed by atoms with Gasteiger partial charge in [-0.05, 0) is 43.2 Å². The van der Waals surface area contributed by atoms with E-state index in [0.29, 0.717) is 23.5 Å². The number of aryl methyl sites for hydroxylation is 1. The molecule has 1 amide bonds. The van der Waals surface area contributed by atoms with Crippen LogP contribution in [0, 0.1) is 12.7 Å². The summed E-state index contributed by atoms with van der Waals surface area (Å²) in [5, 5.41) is 2.75. The Morgan fingerprint density at radius 2 is 2.10 bits per heavy atom. The number of hydrogen-bond donors (Lipinski definition) is 1. The van der Waals surface area contributed by atoms with Crippen LogP contribution in [0.4, 0.5) is 10.2 Å². The fraction of sp³-hybridized carbons (Fsp3) is 0.294. The number of carbonyl (C=O) groups excluding carboxylic acids is 1. The van der Waals surface area contributed by atoms with E-state index in [1.807, 2.05) is 19.9 Å². The quantitative estimate of drug-likeness (QED) is 0.889. The van der Waals surface area contributed by atoms with Crippen LogP contribution in [0.5, 0.6) is 0 Å². The number of halogens is 1. The van der Waals surface area contributed by atoms with Gasteiger partial charge in [0.2, 0.25) is 5.91 Å². The van der Waals surface area contributed by atoms with Crippen molar-refractivity contribution in [2.24, 2.45) is 0 Å². The zero-order valence-electron chi connectivity index (χ0n) is 12.3. The minimum atomic E-state index is -0.308. The van der Waals surface area contributed by atoms with Crippen molar-refractivity contribution < 1.29 is 9.18 Å². The lowest BCUT2D eigenvalue weighted by molar-refractivity contribution is -0.116. The Kier molecular flexibility index (Phi) is 5.04. The molecule has 0 fully saturated rings. The van der Waals surface area contributed by atoms with Crippen LogP contribution in [0.3, 0.4) is 0 Å². The first-order valence-corrected chi connectivity index (χ1v) is 7.13. The number of amides is 1. The molecule has 0 saturated heterocycles. The summed E-state index contributed by atoms with van der Waals surface area (Å²) in [6.07, 6.45) is 2.29. The second-order valence-corrected chi connectivity index (χ2v) is 5.04. The fourth-order valence-electron chi connectivity index (χ4n) is 2.02. The molecule has 2 rings (SSSR count). The maximum Gasteiger partial charge on any atom is 0.225 e. The molecule has 0 spiro atoms. The normalized spacial score (nSPS) is 10.4. The number of hydrogen-bond acceptors (Lipinski definition) is 2. The molecule has 2 aromatic rings. The van der Waals surface area contributed by atoms with Gasteiger partial charge in [-0.25, -0.2) is 9.37 Å². The smallest absolute Gasteiger partial charge is 0.225 e. The van der Waals surface area contributed by atoms with Crippen LogP contribution in [0.15, 0.2) is 36.4 Å². The monoisotopic (exact) mass is 286 g/mol. The lowest BCUT2D eigenvalue weighted by Gasteiger charge is -2.07. The highest BCUT2D eigenvalue weighted by atomic mass is 19.1. The summed E-state index contributed by atoms with van der Waals surface area (Å²) in [7, 11) is 0. The molecule has 21 heavy (non-hydrogen) atoms. The lowest BCUT2D eigenvalue weighted by atomic mass is 10.1. The number of unbranched alkanes of at least 4 members (excludes halogenated alkanes) is 1. The topological polar surface area (TPSA) is 42.0 Å². The van der Waals surface area contributed by atoms with Gasteiger partial charge in [0.1, 0.15) is 11.6 Å². The molecule has 0 aliphatic heterocycles. The predicted molar refractivity (Wildman–Crippen MR) is 82.5 cm³/mol. The second-order valence-electron chi connectivity index (χ2n) is 5.04. The van der Waals surface area contributed by atoms with Crippen LogP contribution in [0.1, 0.15) is 31.7 Å². The van der Waals surface area contributed by atoms with Crippen molar-refractivity contribution in [2.45, 2.75) is 33.1 Å². The van der Waals surface area contributed by atoms with Crippen LogP contribution in [0.2, 0.25) is 0 Å². The van der Waals surface area contributed by atoms with E-state index in [9.17, 15) is 9.18 Å². The maximum absolute atomic E-state index is 14.0. The van der Waals surface area contributed by atoms with Gasteiger partial charge in [-0.2, -0.15) is 0 Å². The lowest BCUT2D eigenvalue weighted by Crippen LogP contribution is -2.12. The third-order valence-electron chi connectivity index (χ3n) is 3.17. The van der Waals surface area contributed by atoms with E-state index < -0.39 is 0 Å². The van der Waals surface area contributed by atoms with Crippen LogP contribution >= 0.6 is 0 Å². The molecule has 0 saturated carbocycles. The molecule has 1 N–H and O–H groups in total. The van der Waals surface area contributed by atoms with E-state index in [-0.39, 0.29) is 11.7 Å². The number of pyridine rings is 1. The number of rotatable bonds is 5. The van der Waals surface area contributed by atoms with E-state index in [0.717, 1.165) is 18.4 Å². The summed E-state index contributed by atoms with van der Waals surface area (Å²) < 4.78 is 14.0. The van der Waals surface area contributed by atoms with Gasteiger partial charge in [0.05, 0.1) is 5.69 Å². The summed E-state index contributed by atoms with van der Waals surface area (Å²) in [6, 6.07) is 10.2. The van der Waals surface area contributed by atoms with Crippen LogP contribution < -0.4 is 5.32 Å². The minimum Gasteiger partial charge on any atom is -0.311 e. The average molecular weight is 286 g/mol. The van der Waals surface area contributed by atoms with Gasteiger partial charge >= 0.3 is 0 Å². The molecule has 110 valence electrons. The third kappa shape index (κ3) is 4.12. The molecule has 0 radical (unpaired) electrons. The van der Waals surface area contributed by atoms with Gasteiger partial charge in [0.25, 0.3) is 0 Å². The van der Waals surface area contributed by atoms with Gasteiger partial charge < -0.3 is 5.32 Å². The Bertz CT molecular complexity index is 640. The molecule has 1 heterocycles. The molecule has 0 unspecified atom stereocenters. The molecular formula is C17H19FN2O. The Balaban J connectivity index is 2.19. The molecule has 0 aliphatic carbocycles. The van der Waals surface area contributed by atoms with Gasteiger partial charge in [-0.1, -0.05) is 25.5 Å². The Morgan fingerprint density at radius 3 is 2.81 bits per heavy atom. The van der Waals surface area contributed by atoms with E-state index in [2.05, 4.69) is 10.3 Å². The number of nitrogens with one attached hydrogen (secondary N) is 1. The van der Waals surface area contributed by atoms with E-state index in [4.69, 9.17) is 0 Å². The van der Waals surface area contributed by atoms with E-state index >= 15 is 0 Å². The zero-order chi connectivity index (χ0) is 15.2. The Hall–Kier alpha value is -2.23. The van der Waals surface area contributed by atoms with Crippen molar-refractivity contribution in [1.29, 1.82) is 0 Å². The molecule has 1 aromatic carbocycles. The molecule has 1 aromatic heterocycles. The minimum absolute atomic E-state index is 0.0640. The first-order valence-electron chi connectivity index (χ1n) is 7.13. The Morgan fingerprint density at radius 1 is 1.29 bits per heavy atom. The fourth-order valence-corrected chi connectivity index (χ4v) is 2.02.